The number of pyridine rings is 1. The topological polar surface area (TPSA) is 134 Å². The first-order valence-electron chi connectivity index (χ1n) is 11.9. The second kappa shape index (κ2) is 11.5. The van der Waals surface area contributed by atoms with Gasteiger partial charge in [-0.2, -0.15) is 0 Å². The molecule has 0 aliphatic carbocycles. The van der Waals surface area contributed by atoms with Gasteiger partial charge in [-0.1, -0.05) is 0 Å². The largest absolute Gasteiger partial charge is 0.493 e. The van der Waals surface area contributed by atoms with Crippen LogP contribution in [0.5, 0.6) is 11.5 Å². The number of hydrogen-bond donors (Lipinski definition) is 1. The molecule has 0 spiro atoms. The molecule has 12 nitrogen and oxygen atoms in total. The number of aromatic amines is 1. The predicted molar refractivity (Wildman–Crippen MR) is 130 cm³/mol. The molecule has 0 radical (unpaired) electrons. The van der Waals surface area contributed by atoms with E-state index in [2.05, 4.69) is 25.4 Å². The number of carbonyl (C=O) groups excluding carboxylic acids is 1. The van der Waals surface area contributed by atoms with E-state index in [4.69, 9.17) is 18.9 Å². The fourth-order valence-corrected chi connectivity index (χ4v) is 4.65. The predicted octanol–water partition coefficient (Wildman–Crippen LogP) is 1.54. The van der Waals surface area contributed by atoms with E-state index in [1.807, 2.05) is 12.1 Å². The molecule has 1 aliphatic heterocycles. The number of aromatic nitrogens is 5. The van der Waals surface area contributed by atoms with Gasteiger partial charge < -0.3 is 23.9 Å². The fraction of sp³-hybridized carbons (Fsp3) is 0.542. The summed E-state index contributed by atoms with van der Waals surface area (Å²) in [6, 6.07) is 4.88. The van der Waals surface area contributed by atoms with Crippen LogP contribution in [0.4, 0.5) is 0 Å². The molecule has 0 saturated carbocycles. The van der Waals surface area contributed by atoms with E-state index in [0.29, 0.717) is 74.1 Å². The smallest absolute Gasteiger partial charge is 0.309 e. The van der Waals surface area contributed by atoms with Gasteiger partial charge >= 0.3 is 5.97 Å². The lowest BCUT2D eigenvalue weighted by molar-refractivity contribution is -0.149. The van der Waals surface area contributed by atoms with Crippen molar-refractivity contribution < 1.29 is 23.7 Å². The van der Waals surface area contributed by atoms with E-state index in [-0.39, 0.29) is 17.4 Å². The molecule has 1 N–H and O–H groups in total. The van der Waals surface area contributed by atoms with E-state index in [0.717, 1.165) is 5.39 Å². The molecule has 3 aromatic rings. The maximum Gasteiger partial charge on any atom is 0.309 e. The lowest BCUT2D eigenvalue weighted by Crippen LogP contribution is -2.42. The molecular weight excluding hydrogens is 468 g/mol. The minimum atomic E-state index is -0.527. The average molecular weight is 501 g/mol. The summed E-state index contributed by atoms with van der Waals surface area (Å²) >= 11 is 0. The van der Waals surface area contributed by atoms with Crippen LogP contribution in [0, 0.1) is 5.92 Å². The van der Waals surface area contributed by atoms with Crippen molar-refractivity contribution in [3.63, 3.8) is 0 Å². The average Bonchev–Trinajstić information content (AvgIpc) is 3.35. The van der Waals surface area contributed by atoms with Crippen LogP contribution in [0.3, 0.4) is 0 Å². The van der Waals surface area contributed by atoms with Crippen molar-refractivity contribution >= 4 is 16.9 Å². The quantitative estimate of drug-likeness (QED) is 0.409. The highest BCUT2D eigenvalue weighted by Gasteiger charge is 2.35. The van der Waals surface area contributed by atoms with Gasteiger partial charge in [-0.3, -0.25) is 14.5 Å². The molecule has 1 saturated heterocycles. The number of benzene rings is 1. The second-order valence-corrected chi connectivity index (χ2v) is 8.57. The first-order valence-corrected chi connectivity index (χ1v) is 11.9. The van der Waals surface area contributed by atoms with Crippen LogP contribution in [-0.2, 0) is 20.8 Å². The highest BCUT2D eigenvalue weighted by Crippen LogP contribution is 2.34. The Balaban J connectivity index is 1.76. The van der Waals surface area contributed by atoms with Crippen molar-refractivity contribution in [2.75, 3.05) is 47.6 Å². The Kier molecular flexibility index (Phi) is 8.16. The molecule has 36 heavy (non-hydrogen) atoms. The summed E-state index contributed by atoms with van der Waals surface area (Å²) in [4.78, 5) is 30.8. The van der Waals surface area contributed by atoms with Crippen molar-refractivity contribution in [2.45, 2.75) is 32.4 Å². The number of nitrogens with zero attached hydrogens (tertiary/aromatic N) is 5. The molecule has 1 unspecified atom stereocenters. The minimum Gasteiger partial charge on any atom is -0.493 e. The van der Waals surface area contributed by atoms with Gasteiger partial charge in [-0.05, 0) is 42.3 Å². The molecular formula is C24H32N6O6. The van der Waals surface area contributed by atoms with Crippen LogP contribution >= 0.6 is 0 Å². The summed E-state index contributed by atoms with van der Waals surface area (Å²) in [5.74, 6) is 1.27. The Labute approximate surface area is 208 Å². The third-order valence-corrected chi connectivity index (χ3v) is 6.50. The van der Waals surface area contributed by atoms with Gasteiger partial charge in [0, 0.05) is 37.2 Å². The summed E-state index contributed by atoms with van der Waals surface area (Å²) in [5.41, 5.74) is 0.867. The van der Waals surface area contributed by atoms with E-state index in [1.54, 1.807) is 39.0 Å². The molecule has 3 heterocycles. The van der Waals surface area contributed by atoms with Gasteiger partial charge in [0.15, 0.2) is 17.3 Å². The van der Waals surface area contributed by atoms with Crippen molar-refractivity contribution in [3.05, 3.63) is 39.9 Å². The molecule has 1 atom stereocenters. The first-order chi connectivity index (χ1) is 17.5. The number of hydrogen-bond acceptors (Lipinski definition) is 10. The Morgan fingerprint density at radius 1 is 1.14 bits per heavy atom. The van der Waals surface area contributed by atoms with Crippen molar-refractivity contribution in [1.82, 2.24) is 30.1 Å². The van der Waals surface area contributed by atoms with Gasteiger partial charge in [-0.25, -0.2) is 4.68 Å². The zero-order chi connectivity index (χ0) is 25.7. The number of esters is 1. The molecule has 0 amide bonds. The van der Waals surface area contributed by atoms with Crippen molar-refractivity contribution in [1.29, 1.82) is 0 Å². The number of nitrogens with one attached hydrogen (secondary N) is 1. The maximum absolute atomic E-state index is 13.4. The Morgan fingerprint density at radius 2 is 1.86 bits per heavy atom. The number of tetrazole rings is 1. The number of rotatable bonds is 10. The Bertz CT molecular complexity index is 1250. The summed E-state index contributed by atoms with van der Waals surface area (Å²) in [6.45, 7) is 4.17. The molecule has 1 aromatic carbocycles. The van der Waals surface area contributed by atoms with Crippen LogP contribution in [0.15, 0.2) is 23.0 Å². The van der Waals surface area contributed by atoms with Gasteiger partial charge in [0.1, 0.15) is 6.04 Å². The number of H-pyrrole nitrogens is 1. The lowest BCUT2D eigenvalue weighted by Gasteiger charge is -2.36. The zero-order valence-corrected chi connectivity index (χ0v) is 21.0. The Hall–Kier alpha value is -3.51. The SMILES string of the molecule is CCOC(=O)C1CCN(C(c2cc3cc(OC)c(OC)cc3[nH]c2=O)c2nnnn2CCOC)CC1. The van der Waals surface area contributed by atoms with E-state index >= 15 is 0 Å². The monoisotopic (exact) mass is 500 g/mol. The highest BCUT2D eigenvalue weighted by atomic mass is 16.5. The van der Waals surface area contributed by atoms with Crippen molar-refractivity contribution in [2.24, 2.45) is 5.92 Å². The molecule has 2 aromatic heterocycles. The van der Waals surface area contributed by atoms with Gasteiger partial charge in [-0.15, -0.1) is 5.10 Å². The minimum absolute atomic E-state index is 0.169. The van der Waals surface area contributed by atoms with Gasteiger partial charge in [0.25, 0.3) is 5.56 Å². The number of carbonyl (C=O) groups is 1. The lowest BCUT2D eigenvalue weighted by atomic mass is 9.94. The van der Waals surface area contributed by atoms with E-state index in [9.17, 15) is 9.59 Å². The van der Waals surface area contributed by atoms with E-state index < -0.39 is 6.04 Å². The summed E-state index contributed by atoms with van der Waals surface area (Å²) < 4.78 is 22.9. The molecule has 1 aliphatic rings. The van der Waals surface area contributed by atoms with Gasteiger partial charge in [0.05, 0.1) is 45.4 Å². The number of piperidine rings is 1. The molecule has 194 valence electrons. The fourth-order valence-electron chi connectivity index (χ4n) is 4.65. The second-order valence-electron chi connectivity index (χ2n) is 8.57. The first kappa shape index (κ1) is 25.6. The summed E-state index contributed by atoms with van der Waals surface area (Å²) in [7, 11) is 4.72. The summed E-state index contributed by atoms with van der Waals surface area (Å²) in [5, 5.41) is 13.1. The third-order valence-electron chi connectivity index (χ3n) is 6.50. The molecule has 4 rings (SSSR count). The van der Waals surface area contributed by atoms with E-state index in [1.165, 1.54) is 0 Å². The zero-order valence-electron chi connectivity index (χ0n) is 21.0. The molecule has 1 fully saturated rings. The standard InChI is InChI=1S/C24H32N6O6/c1-5-36-24(32)15-6-8-29(9-7-15)21(22-26-27-28-30(22)10-11-33-2)17-12-16-13-19(34-3)20(35-4)14-18(16)25-23(17)31/h12-15,21H,5-11H2,1-4H3,(H,25,31). The van der Waals surface area contributed by atoms with Crippen LogP contribution in [0.2, 0.25) is 0 Å². The molecule has 12 heteroatoms. The Morgan fingerprint density at radius 3 is 2.53 bits per heavy atom. The summed E-state index contributed by atoms with van der Waals surface area (Å²) in [6.07, 6.45) is 1.23. The number of methoxy groups -OCH3 is 3. The van der Waals surface area contributed by atoms with Crippen LogP contribution in [-0.4, -0.2) is 83.7 Å². The van der Waals surface area contributed by atoms with Gasteiger partial charge in [0.2, 0.25) is 0 Å². The third kappa shape index (κ3) is 5.19. The number of fused-ring (bicyclic) bond motifs is 1. The molecule has 0 bridgehead atoms. The van der Waals surface area contributed by atoms with Crippen molar-refractivity contribution in [3.8, 4) is 11.5 Å². The van der Waals surface area contributed by atoms with Crippen LogP contribution in [0.25, 0.3) is 10.9 Å². The normalized spacial score (nSPS) is 15.7. The van der Waals surface area contributed by atoms with Crippen LogP contribution in [0.1, 0.15) is 37.2 Å². The van der Waals surface area contributed by atoms with Crippen LogP contribution < -0.4 is 15.0 Å². The number of likely N-dealkylation sites (tertiary alicyclic amines) is 1. The number of ether oxygens (including phenoxy) is 4. The highest BCUT2D eigenvalue weighted by molar-refractivity contribution is 5.83. The maximum atomic E-state index is 13.4.